The minimum atomic E-state index is -0.00663. The van der Waals surface area contributed by atoms with Crippen LogP contribution in [0, 0.1) is 0 Å². The molecule has 0 unspecified atom stereocenters. The van der Waals surface area contributed by atoms with Gasteiger partial charge in [-0.05, 0) is 98.6 Å². The number of hydrogen-bond donors (Lipinski definition) is 0. The first kappa shape index (κ1) is 29.4. The second-order valence-corrected chi connectivity index (χ2v) is 15.1. The van der Waals surface area contributed by atoms with E-state index in [0.717, 1.165) is 17.1 Å². The van der Waals surface area contributed by atoms with Crippen LogP contribution in [0.4, 0.5) is 34.1 Å². The van der Waals surface area contributed by atoms with E-state index in [9.17, 15) is 0 Å². The second-order valence-electron chi connectivity index (χ2n) is 15.1. The van der Waals surface area contributed by atoms with Gasteiger partial charge in [-0.1, -0.05) is 132 Å². The molecule has 0 aromatic heterocycles. The molecule has 0 aliphatic carbocycles. The standard InChI is InChI=1S/C44H41BN2/c1-43(2,3)30-22-24-38-36(26-30)37-27-31(44(4,5)6)28-41-42(37)45(38)39-25-23-35(29-40(39)47(41)34-20-14-9-15-21-34)46(32-16-10-7-11-17-32)33-18-12-8-13-19-33/h7-29H,1-6H3. The van der Waals surface area contributed by atoms with Crippen LogP contribution in [-0.4, -0.2) is 6.71 Å². The van der Waals surface area contributed by atoms with Crippen LogP contribution < -0.4 is 26.2 Å². The largest absolute Gasteiger partial charge is 0.311 e. The monoisotopic (exact) mass is 608 g/mol. The molecule has 0 N–H and O–H groups in total. The fourth-order valence-corrected chi connectivity index (χ4v) is 7.46. The fourth-order valence-electron chi connectivity index (χ4n) is 7.46. The smallest absolute Gasteiger partial charge is 0.248 e. The van der Waals surface area contributed by atoms with Crippen LogP contribution in [0.15, 0.2) is 140 Å². The Bertz CT molecular complexity index is 2070. The molecule has 0 bridgehead atoms. The molecule has 0 saturated carbocycles. The quantitative estimate of drug-likeness (QED) is 0.184. The van der Waals surface area contributed by atoms with Crippen molar-refractivity contribution in [2.45, 2.75) is 52.4 Å². The number of hydrogen-bond acceptors (Lipinski definition) is 2. The maximum atomic E-state index is 2.52. The van der Waals surface area contributed by atoms with E-state index in [1.165, 1.54) is 55.7 Å². The Balaban J connectivity index is 1.43. The van der Waals surface area contributed by atoms with E-state index >= 15 is 0 Å². The predicted octanol–water partition coefficient (Wildman–Crippen LogP) is 10.0. The fraction of sp³-hybridized carbons (Fsp3) is 0.182. The van der Waals surface area contributed by atoms with Gasteiger partial charge in [-0.25, -0.2) is 0 Å². The summed E-state index contributed by atoms with van der Waals surface area (Å²) in [6.07, 6.45) is 0. The van der Waals surface area contributed by atoms with Gasteiger partial charge in [-0.2, -0.15) is 0 Å². The summed E-state index contributed by atoms with van der Waals surface area (Å²) in [5, 5.41) is 0. The maximum Gasteiger partial charge on any atom is 0.248 e. The molecule has 0 radical (unpaired) electrons. The summed E-state index contributed by atoms with van der Waals surface area (Å²) >= 11 is 0. The maximum absolute atomic E-state index is 2.52. The minimum absolute atomic E-state index is 0.00663. The molecule has 2 nitrogen and oxygen atoms in total. The normalized spacial score (nSPS) is 13.2. The average Bonchev–Trinajstić information content (AvgIpc) is 3.40. The summed E-state index contributed by atoms with van der Waals surface area (Å²) in [6.45, 7) is 14.1. The lowest BCUT2D eigenvalue weighted by Gasteiger charge is -2.38. The highest BCUT2D eigenvalue weighted by Gasteiger charge is 2.43. The van der Waals surface area contributed by atoms with Crippen molar-refractivity contribution in [2.75, 3.05) is 9.80 Å². The van der Waals surface area contributed by atoms with Crippen molar-refractivity contribution < 1.29 is 0 Å². The van der Waals surface area contributed by atoms with Crippen LogP contribution in [0.1, 0.15) is 52.7 Å². The summed E-state index contributed by atoms with van der Waals surface area (Å²) in [4.78, 5) is 4.89. The Labute approximate surface area is 280 Å². The predicted molar refractivity (Wildman–Crippen MR) is 203 cm³/mol. The van der Waals surface area contributed by atoms with Crippen LogP contribution >= 0.6 is 0 Å². The second kappa shape index (κ2) is 10.8. The molecule has 47 heavy (non-hydrogen) atoms. The summed E-state index contributed by atoms with van der Waals surface area (Å²) in [5.41, 5.74) is 16.8. The third-order valence-electron chi connectivity index (χ3n) is 9.94. The molecule has 2 aliphatic heterocycles. The first-order chi connectivity index (χ1) is 22.6. The highest BCUT2D eigenvalue weighted by atomic mass is 15.2. The Morgan fingerprint density at radius 3 is 1.62 bits per heavy atom. The van der Waals surface area contributed by atoms with Gasteiger partial charge < -0.3 is 9.80 Å². The van der Waals surface area contributed by atoms with Gasteiger partial charge in [-0.3, -0.25) is 0 Å². The Morgan fingerprint density at radius 2 is 1.02 bits per heavy atom. The third-order valence-corrected chi connectivity index (χ3v) is 9.94. The number of benzene rings is 6. The van der Waals surface area contributed by atoms with Crippen molar-refractivity contribution in [3.05, 3.63) is 151 Å². The summed E-state index contributed by atoms with van der Waals surface area (Å²) in [6, 6.07) is 51.7. The van der Waals surface area contributed by atoms with Crippen molar-refractivity contribution in [3.63, 3.8) is 0 Å². The molecular weight excluding hydrogens is 567 g/mol. The van der Waals surface area contributed by atoms with Gasteiger partial charge in [0.05, 0.1) is 0 Å². The van der Waals surface area contributed by atoms with Crippen LogP contribution in [0.2, 0.25) is 0 Å². The number of para-hydroxylation sites is 3. The molecule has 6 aromatic carbocycles. The molecule has 0 saturated heterocycles. The van der Waals surface area contributed by atoms with E-state index < -0.39 is 0 Å². The van der Waals surface area contributed by atoms with Gasteiger partial charge >= 0.3 is 0 Å². The van der Waals surface area contributed by atoms with Crippen molar-refractivity contribution in [1.29, 1.82) is 0 Å². The van der Waals surface area contributed by atoms with Crippen molar-refractivity contribution >= 4 is 57.2 Å². The molecule has 230 valence electrons. The van der Waals surface area contributed by atoms with Crippen LogP contribution in [-0.2, 0) is 10.8 Å². The molecule has 6 aromatic rings. The van der Waals surface area contributed by atoms with E-state index in [1.54, 1.807) is 0 Å². The van der Waals surface area contributed by atoms with Crippen LogP contribution in [0.5, 0.6) is 0 Å². The molecule has 2 heterocycles. The lowest BCUT2D eigenvalue weighted by molar-refractivity contribution is 0.589. The highest BCUT2D eigenvalue weighted by Crippen LogP contribution is 2.45. The molecule has 0 amide bonds. The van der Waals surface area contributed by atoms with Gasteiger partial charge in [0.2, 0.25) is 6.71 Å². The van der Waals surface area contributed by atoms with Gasteiger partial charge in [-0.15, -0.1) is 0 Å². The highest BCUT2D eigenvalue weighted by molar-refractivity contribution is 7.01. The summed E-state index contributed by atoms with van der Waals surface area (Å²) in [5.74, 6) is 0. The SMILES string of the molecule is CC(C)(C)c1ccc2c(c1)-c1cc(C(C)(C)C)cc3c1B2c1ccc(N(c2ccccc2)c2ccccc2)cc1N3c1ccccc1. The number of anilines is 6. The number of fused-ring (bicyclic) bond motifs is 5. The Kier molecular flexibility index (Phi) is 6.74. The lowest BCUT2D eigenvalue weighted by atomic mass is 9.37. The zero-order valence-corrected chi connectivity index (χ0v) is 28.3. The Morgan fingerprint density at radius 1 is 0.468 bits per heavy atom. The first-order valence-electron chi connectivity index (χ1n) is 16.8. The molecule has 8 rings (SSSR count). The average molecular weight is 609 g/mol. The van der Waals surface area contributed by atoms with Crippen molar-refractivity contribution in [2.24, 2.45) is 0 Å². The van der Waals surface area contributed by atoms with Crippen LogP contribution in [0.3, 0.4) is 0 Å². The minimum Gasteiger partial charge on any atom is -0.311 e. The zero-order valence-electron chi connectivity index (χ0n) is 28.3. The van der Waals surface area contributed by atoms with E-state index in [-0.39, 0.29) is 17.5 Å². The van der Waals surface area contributed by atoms with Crippen molar-refractivity contribution in [3.8, 4) is 11.1 Å². The van der Waals surface area contributed by atoms with E-state index in [2.05, 4.69) is 191 Å². The zero-order chi connectivity index (χ0) is 32.5. The van der Waals surface area contributed by atoms with E-state index in [1.807, 2.05) is 0 Å². The van der Waals surface area contributed by atoms with E-state index in [0.29, 0.717) is 0 Å². The van der Waals surface area contributed by atoms with Crippen molar-refractivity contribution in [1.82, 2.24) is 0 Å². The lowest BCUT2D eigenvalue weighted by Crippen LogP contribution is -2.54. The third kappa shape index (κ3) is 4.88. The molecule has 0 atom stereocenters. The number of rotatable bonds is 4. The first-order valence-corrected chi connectivity index (χ1v) is 16.8. The molecule has 0 fully saturated rings. The summed E-state index contributed by atoms with van der Waals surface area (Å²) < 4.78 is 0. The van der Waals surface area contributed by atoms with Gasteiger partial charge in [0.25, 0.3) is 0 Å². The van der Waals surface area contributed by atoms with E-state index in [4.69, 9.17) is 0 Å². The van der Waals surface area contributed by atoms with Gasteiger partial charge in [0.15, 0.2) is 0 Å². The van der Waals surface area contributed by atoms with Gasteiger partial charge in [0, 0.05) is 34.1 Å². The topological polar surface area (TPSA) is 6.48 Å². The molecule has 0 spiro atoms. The molecular formula is C44H41BN2. The van der Waals surface area contributed by atoms with Gasteiger partial charge in [0.1, 0.15) is 0 Å². The van der Waals surface area contributed by atoms with Crippen LogP contribution in [0.25, 0.3) is 11.1 Å². The number of nitrogens with zero attached hydrogens (tertiary/aromatic N) is 2. The Hall–Kier alpha value is -5.02. The molecule has 3 heteroatoms. The summed E-state index contributed by atoms with van der Waals surface area (Å²) in [7, 11) is 0. The molecule has 2 aliphatic rings.